The van der Waals surface area contributed by atoms with Crippen molar-refractivity contribution in [1.29, 1.82) is 0 Å². The summed E-state index contributed by atoms with van der Waals surface area (Å²) in [5.74, 6) is -0.0823. The highest BCUT2D eigenvalue weighted by atomic mass is 35.5. The number of hydrogen-bond donors (Lipinski definition) is 2. The minimum Gasteiger partial charge on any atom is -0.404 e. The van der Waals surface area contributed by atoms with Crippen molar-refractivity contribution in [3.05, 3.63) is 69.2 Å². The van der Waals surface area contributed by atoms with E-state index in [0.717, 1.165) is 25.0 Å². The van der Waals surface area contributed by atoms with Crippen LogP contribution in [-0.4, -0.2) is 40.2 Å². The topological polar surface area (TPSA) is 94.5 Å². The Morgan fingerprint density at radius 1 is 1.33 bits per heavy atom. The number of fused-ring (bicyclic) bond motifs is 1. The summed E-state index contributed by atoms with van der Waals surface area (Å²) < 4.78 is 53.7. The van der Waals surface area contributed by atoms with E-state index in [1.165, 1.54) is 16.7 Å². The van der Waals surface area contributed by atoms with Gasteiger partial charge >= 0.3 is 13.3 Å². The Bertz CT molecular complexity index is 1520. The van der Waals surface area contributed by atoms with E-state index >= 15 is 0 Å². The Balaban J connectivity index is 1.19. The summed E-state index contributed by atoms with van der Waals surface area (Å²) in [5, 5.41) is 5.92. The third-order valence-electron chi connectivity index (χ3n) is 10.2. The summed E-state index contributed by atoms with van der Waals surface area (Å²) in [6.45, 7) is 10.4. The molecule has 230 valence electrons. The molecule has 1 saturated heterocycles. The Hall–Kier alpha value is -2.83. The van der Waals surface area contributed by atoms with Gasteiger partial charge in [-0.15, -0.1) is 6.58 Å². The number of nitrogens with zero attached hydrogens (tertiary/aromatic N) is 2. The first kappa shape index (κ1) is 30.2. The molecule has 1 aromatic carbocycles. The van der Waals surface area contributed by atoms with Gasteiger partial charge in [-0.1, -0.05) is 43.7 Å². The fourth-order valence-electron chi connectivity index (χ4n) is 7.68. The van der Waals surface area contributed by atoms with Crippen LogP contribution in [0.5, 0.6) is 0 Å². The number of carbonyl (C=O) groups is 1. The van der Waals surface area contributed by atoms with Gasteiger partial charge in [0.25, 0.3) is 5.56 Å². The molecule has 1 amide bonds. The predicted octanol–water partition coefficient (Wildman–Crippen LogP) is 5.34. The van der Waals surface area contributed by atoms with E-state index in [9.17, 15) is 22.8 Å². The molecule has 1 aromatic heterocycles. The summed E-state index contributed by atoms with van der Waals surface area (Å²) >= 11 is 6.42. The fourth-order valence-corrected chi connectivity index (χ4v) is 7.95. The van der Waals surface area contributed by atoms with E-state index in [4.69, 9.17) is 20.9 Å². The van der Waals surface area contributed by atoms with Crippen molar-refractivity contribution in [3.63, 3.8) is 0 Å². The third-order valence-corrected chi connectivity index (χ3v) is 10.5. The molecule has 43 heavy (non-hydrogen) atoms. The highest BCUT2D eigenvalue weighted by molar-refractivity contribution is 6.48. The molecule has 2 bridgehead atoms. The van der Waals surface area contributed by atoms with Gasteiger partial charge in [-0.05, 0) is 74.0 Å². The normalized spacial score (nSPS) is 29.3. The van der Waals surface area contributed by atoms with Gasteiger partial charge in [0.05, 0.1) is 28.9 Å². The molecule has 2 N–H and O–H groups in total. The number of halogens is 4. The first-order valence-corrected chi connectivity index (χ1v) is 15.1. The minimum absolute atomic E-state index is 0.0522. The molecule has 3 saturated carbocycles. The second kappa shape index (κ2) is 10.7. The van der Waals surface area contributed by atoms with Crippen LogP contribution in [0.2, 0.25) is 5.15 Å². The maximum absolute atomic E-state index is 13.7. The molecular weight excluding hydrogens is 584 g/mol. The van der Waals surface area contributed by atoms with Crippen molar-refractivity contribution in [3.8, 4) is 0 Å². The summed E-state index contributed by atoms with van der Waals surface area (Å²) in [6.07, 6.45) is 0.301. The molecular formula is C30H35BClF3N4O4. The van der Waals surface area contributed by atoms with Crippen LogP contribution in [0.1, 0.15) is 69.3 Å². The fraction of sp³-hybridized carbons (Fsp3) is 0.567. The van der Waals surface area contributed by atoms with E-state index in [2.05, 4.69) is 43.0 Å². The summed E-state index contributed by atoms with van der Waals surface area (Å²) in [5.41, 5.74) is -0.882. The van der Waals surface area contributed by atoms with Gasteiger partial charge in [-0.3, -0.25) is 14.2 Å². The number of benzene rings is 1. The van der Waals surface area contributed by atoms with Crippen LogP contribution in [0.15, 0.2) is 41.7 Å². The van der Waals surface area contributed by atoms with Crippen molar-refractivity contribution >= 4 is 30.4 Å². The number of rotatable bonds is 8. The third kappa shape index (κ3) is 5.09. The number of alkyl halides is 3. The van der Waals surface area contributed by atoms with Crippen molar-refractivity contribution in [1.82, 2.24) is 14.9 Å². The maximum Gasteiger partial charge on any atom is 0.482 e. The van der Waals surface area contributed by atoms with Crippen molar-refractivity contribution in [2.24, 2.45) is 17.3 Å². The van der Waals surface area contributed by atoms with Crippen LogP contribution in [0.25, 0.3) is 0 Å². The Labute approximate surface area is 253 Å². The van der Waals surface area contributed by atoms with Crippen LogP contribution in [0.4, 0.5) is 19.0 Å². The predicted molar refractivity (Wildman–Crippen MR) is 156 cm³/mol. The lowest BCUT2D eigenvalue weighted by Crippen LogP contribution is -2.65. The second-order valence-electron chi connectivity index (χ2n) is 13.0. The van der Waals surface area contributed by atoms with Gasteiger partial charge < -0.3 is 19.9 Å². The molecule has 3 heterocycles. The van der Waals surface area contributed by atoms with Crippen LogP contribution in [-0.2, 0) is 33.2 Å². The molecule has 0 spiro atoms. The lowest BCUT2D eigenvalue weighted by molar-refractivity contribution is -0.199. The van der Waals surface area contributed by atoms with Gasteiger partial charge in [-0.25, -0.2) is 4.98 Å². The Morgan fingerprint density at radius 2 is 2.09 bits per heavy atom. The molecule has 4 fully saturated rings. The number of carbonyl (C=O) groups excluding carboxylic acids is 1. The van der Waals surface area contributed by atoms with Crippen molar-refractivity contribution < 1.29 is 27.3 Å². The van der Waals surface area contributed by atoms with E-state index in [-0.39, 0.29) is 34.9 Å². The van der Waals surface area contributed by atoms with E-state index < -0.39 is 42.0 Å². The van der Waals surface area contributed by atoms with Gasteiger partial charge in [0, 0.05) is 6.54 Å². The van der Waals surface area contributed by atoms with E-state index in [1.54, 1.807) is 6.08 Å². The molecule has 6 atom stereocenters. The van der Waals surface area contributed by atoms with Crippen molar-refractivity contribution in [2.75, 3.05) is 5.32 Å². The molecule has 7 rings (SSSR count). The van der Waals surface area contributed by atoms with Crippen LogP contribution < -0.4 is 16.2 Å². The molecule has 13 heteroatoms. The first-order chi connectivity index (χ1) is 20.2. The van der Waals surface area contributed by atoms with Gasteiger partial charge in [0.2, 0.25) is 5.91 Å². The smallest absolute Gasteiger partial charge is 0.404 e. The molecule has 2 aliphatic heterocycles. The van der Waals surface area contributed by atoms with Crippen LogP contribution >= 0.6 is 11.6 Å². The Morgan fingerprint density at radius 3 is 2.79 bits per heavy atom. The summed E-state index contributed by atoms with van der Waals surface area (Å²) in [4.78, 5) is 31.4. The maximum atomic E-state index is 13.7. The number of nitrogens with one attached hydrogen (secondary N) is 2. The quantitative estimate of drug-likeness (QED) is 0.306. The SMILES string of the molecule is C=CC[C@H](NC(=O)[C@@H]1CCc2c(Cl)nc(NCc3cccc(C(F)(F)F)c3)c(=O)n21)B1OC2CC3CC(C3(C)C)[C@@]2(C)O1. The molecule has 8 nitrogen and oxygen atoms in total. The van der Waals surface area contributed by atoms with E-state index in [1.807, 2.05) is 0 Å². The van der Waals surface area contributed by atoms with Crippen LogP contribution in [0.3, 0.4) is 0 Å². The minimum atomic E-state index is -4.49. The van der Waals surface area contributed by atoms with Crippen LogP contribution in [0, 0.1) is 17.3 Å². The highest BCUT2D eigenvalue weighted by Gasteiger charge is 2.68. The molecule has 2 aromatic rings. The zero-order chi connectivity index (χ0) is 30.9. The van der Waals surface area contributed by atoms with Gasteiger partial charge in [-0.2, -0.15) is 13.2 Å². The standard InChI is InChI=1S/C30H35BClF3N4O4/c1-5-7-23(31-42-22-14-18-13-21(28(18,2)3)29(22,4)43-31)37-26(40)20-11-10-19-24(32)38-25(27(41)39(19)20)36-15-16-8-6-9-17(12-16)30(33,34)35/h5-6,8-9,12,18,20-23H,1,7,10-11,13-15H2,2-4H3,(H,36,38)(H,37,40)/t18?,20-,21?,22?,23-,29+/m0/s1. The molecule has 3 unspecified atom stereocenters. The number of amides is 1. The van der Waals surface area contributed by atoms with E-state index in [0.29, 0.717) is 42.4 Å². The number of aromatic nitrogens is 2. The second-order valence-corrected chi connectivity index (χ2v) is 13.3. The van der Waals surface area contributed by atoms with Gasteiger partial charge in [0.1, 0.15) is 6.04 Å². The largest absolute Gasteiger partial charge is 0.482 e. The molecule has 0 radical (unpaired) electrons. The van der Waals surface area contributed by atoms with Crippen molar-refractivity contribution in [2.45, 2.75) is 89.3 Å². The summed E-state index contributed by atoms with van der Waals surface area (Å²) in [7, 11) is -0.657. The van der Waals surface area contributed by atoms with Gasteiger partial charge in [0.15, 0.2) is 11.0 Å². The Kier molecular flexibility index (Phi) is 7.49. The zero-order valence-corrected chi connectivity index (χ0v) is 25.1. The number of hydrogen-bond acceptors (Lipinski definition) is 6. The average Bonchev–Trinajstić information content (AvgIpc) is 3.55. The molecule has 5 aliphatic rings. The monoisotopic (exact) mass is 618 g/mol. The lowest BCUT2D eigenvalue weighted by Gasteiger charge is -2.64. The lowest BCUT2D eigenvalue weighted by atomic mass is 9.43. The molecule has 3 aliphatic carbocycles. The highest BCUT2D eigenvalue weighted by Crippen LogP contribution is 2.65. The zero-order valence-electron chi connectivity index (χ0n) is 24.3. The number of anilines is 1. The summed E-state index contributed by atoms with van der Waals surface area (Å²) in [6, 6.07) is 3.94. The average molecular weight is 619 g/mol. The first-order valence-electron chi connectivity index (χ1n) is 14.7.